The molecule has 4 heteroatoms. The molecule has 0 aromatic heterocycles. The van der Waals surface area contributed by atoms with Crippen LogP contribution in [0.2, 0.25) is 0 Å². The number of hydrogen-bond acceptors (Lipinski definition) is 3. The first kappa shape index (κ1) is 25.5. The van der Waals surface area contributed by atoms with Crippen LogP contribution in [-0.4, -0.2) is 11.1 Å². The number of phenolic OH excluding ortho intramolecular Hbond substituents is 1. The normalized spacial score (nSPS) is 22.2. The van der Waals surface area contributed by atoms with Crippen molar-refractivity contribution in [1.82, 2.24) is 0 Å². The van der Waals surface area contributed by atoms with E-state index in [1.165, 1.54) is 0 Å². The number of allylic oxidation sites excluding steroid dienone is 3. The Kier molecular flexibility index (Phi) is 7.42. The van der Waals surface area contributed by atoms with E-state index in [4.69, 9.17) is 11.6 Å². The van der Waals surface area contributed by atoms with Crippen molar-refractivity contribution >= 4 is 23.1 Å². The van der Waals surface area contributed by atoms with Crippen LogP contribution in [0.25, 0.3) is 5.57 Å². The molecule has 0 heterocycles. The summed E-state index contributed by atoms with van der Waals surface area (Å²) in [5.74, 6) is -1.70. The summed E-state index contributed by atoms with van der Waals surface area (Å²) in [5, 5.41) is 24.2. The molecule has 0 bridgehead atoms. The SMILES string of the molecule is CCCCC1(CC)C(c2cc(C(C)(C)C)cc(C(C)(C)C)c2O)=C(Cl)C=CC1C(=O)[O-]. The fraction of sp³-hybridized carbons (Fsp3) is 0.593. The number of benzene rings is 1. The Balaban J connectivity index is 2.96. The van der Waals surface area contributed by atoms with Crippen molar-refractivity contribution in [2.24, 2.45) is 11.3 Å². The monoisotopic (exact) mass is 445 g/mol. The molecule has 172 valence electrons. The molecule has 1 aromatic carbocycles. The van der Waals surface area contributed by atoms with Gasteiger partial charge in [0.05, 0.1) is 0 Å². The second kappa shape index (κ2) is 9.02. The summed E-state index contributed by atoms with van der Waals surface area (Å²) < 4.78 is 0. The third-order valence-electron chi connectivity index (χ3n) is 6.68. The van der Waals surface area contributed by atoms with E-state index in [0.717, 1.165) is 29.5 Å². The molecule has 0 saturated carbocycles. The van der Waals surface area contributed by atoms with Crippen molar-refractivity contribution in [3.8, 4) is 5.75 Å². The van der Waals surface area contributed by atoms with Crippen molar-refractivity contribution in [3.63, 3.8) is 0 Å². The number of aliphatic carboxylic acids is 1. The van der Waals surface area contributed by atoms with Crippen molar-refractivity contribution in [1.29, 1.82) is 0 Å². The summed E-state index contributed by atoms with van der Waals surface area (Å²) in [6.07, 6.45) is 6.39. The van der Waals surface area contributed by atoms with Crippen molar-refractivity contribution < 1.29 is 15.0 Å². The number of aromatic hydroxyl groups is 1. The number of phenols is 1. The van der Waals surface area contributed by atoms with Gasteiger partial charge in [-0.05, 0) is 47.0 Å². The van der Waals surface area contributed by atoms with Crippen LogP contribution in [0.5, 0.6) is 5.75 Å². The van der Waals surface area contributed by atoms with Crippen LogP contribution < -0.4 is 5.11 Å². The number of carbonyl (C=O) groups excluding carboxylic acids is 1. The lowest BCUT2D eigenvalue weighted by Crippen LogP contribution is -2.44. The first-order valence-corrected chi connectivity index (χ1v) is 11.8. The predicted molar refractivity (Wildman–Crippen MR) is 128 cm³/mol. The predicted octanol–water partition coefficient (Wildman–Crippen LogP) is 6.46. The highest BCUT2D eigenvalue weighted by Gasteiger charge is 2.44. The van der Waals surface area contributed by atoms with Gasteiger partial charge in [0.1, 0.15) is 5.75 Å². The Morgan fingerprint density at radius 3 is 2.19 bits per heavy atom. The molecule has 31 heavy (non-hydrogen) atoms. The molecule has 1 aliphatic carbocycles. The van der Waals surface area contributed by atoms with Gasteiger partial charge in [-0.15, -0.1) is 0 Å². The summed E-state index contributed by atoms with van der Waals surface area (Å²) in [5.41, 5.74) is 2.14. The zero-order valence-electron chi connectivity index (χ0n) is 20.4. The zero-order chi connectivity index (χ0) is 23.8. The average Bonchev–Trinajstić information content (AvgIpc) is 2.64. The lowest BCUT2D eigenvalue weighted by Gasteiger charge is -2.45. The molecule has 1 N–H and O–H groups in total. The van der Waals surface area contributed by atoms with Gasteiger partial charge in [0.25, 0.3) is 0 Å². The molecular formula is C27H38ClO3-. The van der Waals surface area contributed by atoms with Gasteiger partial charge in [-0.2, -0.15) is 0 Å². The topological polar surface area (TPSA) is 60.4 Å². The number of rotatable bonds is 6. The second-order valence-corrected chi connectivity index (χ2v) is 11.3. The van der Waals surface area contributed by atoms with Gasteiger partial charge in [0, 0.05) is 33.5 Å². The Bertz CT molecular complexity index is 896. The first-order chi connectivity index (χ1) is 14.2. The van der Waals surface area contributed by atoms with Crippen molar-refractivity contribution in [2.45, 2.75) is 91.9 Å². The van der Waals surface area contributed by atoms with E-state index in [9.17, 15) is 15.0 Å². The highest BCUT2D eigenvalue weighted by molar-refractivity contribution is 6.35. The third-order valence-corrected chi connectivity index (χ3v) is 7.00. The molecule has 1 aromatic rings. The summed E-state index contributed by atoms with van der Waals surface area (Å²) in [4.78, 5) is 12.2. The molecule has 0 aliphatic heterocycles. The number of carboxylic acids is 1. The molecule has 2 rings (SSSR count). The van der Waals surface area contributed by atoms with Gasteiger partial charge in [-0.25, -0.2) is 0 Å². The summed E-state index contributed by atoms with van der Waals surface area (Å²) in [7, 11) is 0. The van der Waals surface area contributed by atoms with Gasteiger partial charge in [0.2, 0.25) is 0 Å². The first-order valence-electron chi connectivity index (χ1n) is 11.4. The number of carbonyl (C=O) groups is 1. The Morgan fingerprint density at radius 1 is 1.13 bits per heavy atom. The Morgan fingerprint density at radius 2 is 1.74 bits per heavy atom. The smallest absolute Gasteiger partial charge is 0.126 e. The van der Waals surface area contributed by atoms with Crippen LogP contribution in [0, 0.1) is 11.3 Å². The third kappa shape index (κ3) is 4.87. The summed E-state index contributed by atoms with van der Waals surface area (Å²) in [6, 6.07) is 4.08. The molecule has 0 fully saturated rings. The fourth-order valence-electron chi connectivity index (χ4n) is 4.72. The molecule has 2 unspecified atom stereocenters. The standard InChI is InChI=1S/C27H39ClO3/c1-9-11-14-27(10-2)19(24(30)31)12-13-21(28)22(27)18-15-17(25(3,4)5)16-20(23(18)29)26(6,7)8/h12-13,15-16,19,29H,9-11,14H2,1-8H3,(H,30,31)/p-1. The minimum atomic E-state index is -1.10. The molecule has 0 amide bonds. The van der Waals surface area contributed by atoms with E-state index >= 15 is 0 Å². The van der Waals surface area contributed by atoms with Crippen LogP contribution in [0.3, 0.4) is 0 Å². The largest absolute Gasteiger partial charge is 0.549 e. The molecule has 2 atom stereocenters. The van der Waals surface area contributed by atoms with Gasteiger partial charge in [0.15, 0.2) is 0 Å². The van der Waals surface area contributed by atoms with Gasteiger partial charge in [-0.3, -0.25) is 0 Å². The molecule has 0 radical (unpaired) electrons. The molecule has 0 spiro atoms. The van der Waals surface area contributed by atoms with Crippen LogP contribution >= 0.6 is 11.6 Å². The zero-order valence-corrected chi connectivity index (χ0v) is 21.1. The molecule has 0 saturated heterocycles. The van der Waals surface area contributed by atoms with E-state index in [1.807, 2.05) is 13.0 Å². The molecular weight excluding hydrogens is 408 g/mol. The Hall–Kier alpha value is -1.74. The molecule has 1 aliphatic rings. The number of unbranched alkanes of at least 4 members (excludes halogenated alkanes) is 1. The van der Waals surface area contributed by atoms with Crippen LogP contribution in [0.4, 0.5) is 0 Å². The van der Waals surface area contributed by atoms with E-state index in [-0.39, 0.29) is 16.6 Å². The number of carboxylic acid groups (broad SMARTS) is 1. The van der Waals surface area contributed by atoms with Crippen LogP contribution in [-0.2, 0) is 15.6 Å². The van der Waals surface area contributed by atoms with Gasteiger partial charge < -0.3 is 15.0 Å². The van der Waals surface area contributed by atoms with Gasteiger partial charge >= 0.3 is 0 Å². The number of hydrogen-bond donors (Lipinski definition) is 1. The Labute approximate surface area is 193 Å². The van der Waals surface area contributed by atoms with Crippen LogP contribution in [0.15, 0.2) is 29.3 Å². The minimum absolute atomic E-state index is 0.147. The van der Waals surface area contributed by atoms with Crippen molar-refractivity contribution in [3.05, 3.63) is 46.0 Å². The average molecular weight is 446 g/mol. The molecule has 3 nitrogen and oxygen atoms in total. The maximum absolute atomic E-state index is 12.2. The van der Waals surface area contributed by atoms with E-state index in [2.05, 4.69) is 54.5 Å². The van der Waals surface area contributed by atoms with E-state index in [0.29, 0.717) is 23.4 Å². The summed E-state index contributed by atoms with van der Waals surface area (Å²) in [6.45, 7) is 16.7. The van der Waals surface area contributed by atoms with E-state index < -0.39 is 17.3 Å². The van der Waals surface area contributed by atoms with Gasteiger partial charge in [-0.1, -0.05) is 92.0 Å². The minimum Gasteiger partial charge on any atom is -0.549 e. The van der Waals surface area contributed by atoms with Crippen LogP contribution in [0.1, 0.15) is 97.8 Å². The van der Waals surface area contributed by atoms with E-state index in [1.54, 1.807) is 12.2 Å². The lowest BCUT2D eigenvalue weighted by molar-refractivity contribution is -0.312. The highest BCUT2D eigenvalue weighted by Crippen LogP contribution is 2.56. The fourth-order valence-corrected chi connectivity index (χ4v) is 5.08. The maximum atomic E-state index is 12.2. The second-order valence-electron chi connectivity index (χ2n) is 10.9. The highest BCUT2D eigenvalue weighted by atomic mass is 35.5. The lowest BCUT2D eigenvalue weighted by atomic mass is 9.60. The summed E-state index contributed by atoms with van der Waals surface area (Å²) >= 11 is 6.80. The maximum Gasteiger partial charge on any atom is 0.126 e. The number of halogens is 1. The van der Waals surface area contributed by atoms with Crippen molar-refractivity contribution in [2.75, 3.05) is 0 Å². The quantitative estimate of drug-likeness (QED) is 0.546.